The Morgan fingerprint density at radius 2 is 1.44 bits per heavy atom. The van der Waals surface area contributed by atoms with Gasteiger partial charge >= 0.3 is 0 Å². The molecule has 4 atom stereocenters. The zero-order chi connectivity index (χ0) is 22.0. The molecule has 6 aliphatic carbocycles. The van der Waals surface area contributed by atoms with Crippen LogP contribution in [0.5, 0.6) is 11.5 Å². The summed E-state index contributed by atoms with van der Waals surface area (Å²) in [5, 5.41) is 9.33. The lowest BCUT2D eigenvalue weighted by Gasteiger charge is -2.37. The zero-order valence-corrected chi connectivity index (χ0v) is 17.4. The molecular weight excluding hydrogens is 406 g/mol. The van der Waals surface area contributed by atoms with Crippen LogP contribution in [-0.2, 0) is 9.59 Å². The molecule has 32 heavy (non-hydrogen) atoms. The average Bonchev–Trinajstić information content (AvgIpc) is 3.01. The van der Waals surface area contributed by atoms with Gasteiger partial charge < -0.3 is 9.84 Å². The Kier molecular flexibility index (Phi) is 4.25. The van der Waals surface area contributed by atoms with E-state index in [0.29, 0.717) is 28.8 Å². The minimum absolute atomic E-state index is 0.0805. The highest BCUT2D eigenvalue weighted by Gasteiger charge is 2.62. The molecule has 0 aromatic heterocycles. The summed E-state index contributed by atoms with van der Waals surface area (Å²) >= 11 is 0. The second-order valence-electron chi connectivity index (χ2n) is 9.35. The molecule has 6 heteroatoms. The van der Waals surface area contributed by atoms with E-state index < -0.39 is 0 Å². The monoisotopic (exact) mass is 429 g/mol. The first kappa shape index (κ1) is 19.3. The fourth-order valence-corrected chi connectivity index (χ4v) is 6.08. The highest BCUT2D eigenvalue weighted by molar-refractivity contribution is 6.22. The number of amides is 2. The van der Waals surface area contributed by atoms with Crippen LogP contribution in [0.15, 0.2) is 60.7 Å². The molecule has 0 radical (unpaired) electrons. The summed E-state index contributed by atoms with van der Waals surface area (Å²) in [7, 11) is 0. The smallest absolute Gasteiger partial charge is 0.238 e. The number of rotatable bonds is 5. The number of nitrogens with zero attached hydrogens (tertiary/aromatic N) is 1. The number of imide groups is 1. The lowest BCUT2D eigenvalue weighted by molar-refractivity contribution is -0.123. The molecule has 1 aliphatic heterocycles. The predicted octanol–water partition coefficient (Wildman–Crippen LogP) is 3.60. The van der Waals surface area contributed by atoms with Gasteiger partial charge in [-0.05, 0) is 85.0 Å². The number of aromatic hydroxyl groups is 1. The van der Waals surface area contributed by atoms with Gasteiger partial charge in [0.1, 0.15) is 11.5 Å². The zero-order valence-electron chi connectivity index (χ0n) is 17.4. The van der Waals surface area contributed by atoms with E-state index in [0.717, 1.165) is 12.8 Å². The number of ketones is 1. The molecule has 4 fully saturated rings. The van der Waals surface area contributed by atoms with E-state index in [9.17, 15) is 19.5 Å². The first-order chi connectivity index (χ1) is 15.5. The van der Waals surface area contributed by atoms with Crippen LogP contribution in [0.3, 0.4) is 0 Å². The number of Topliss-reactive ketones (excluding diaryl/α,β-unsaturated/α-hetero) is 1. The first-order valence-electron chi connectivity index (χ1n) is 11.1. The molecule has 2 aromatic rings. The lowest BCUT2D eigenvalue weighted by Crippen LogP contribution is -2.36. The maximum Gasteiger partial charge on any atom is 0.238 e. The highest BCUT2D eigenvalue weighted by Crippen LogP contribution is 2.60. The second-order valence-corrected chi connectivity index (χ2v) is 9.35. The van der Waals surface area contributed by atoms with Crippen molar-refractivity contribution < 1.29 is 24.2 Å². The Balaban J connectivity index is 1.17. The fourth-order valence-electron chi connectivity index (χ4n) is 6.08. The lowest BCUT2D eigenvalue weighted by atomic mass is 9.68. The van der Waals surface area contributed by atoms with Crippen molar-refractivity contribution in [3.8, 4) is 11.5 Å². The van der Waals surface area contributed by atoms with Crippen molar-refractivity contribution in [3.63, 3.8) is 0 Å². The summed E-state index contributed by atoms with van der Waals surface area (Å²) < 4.78 is 5.59. The van der Waals surface area contributed by atoms with Crippen LogP contribution in [0.4, 0.5) is 5.69 Å². The van der Waals surface area contributed by atoms with Gasteiger partial charge in [0.25, 0.3) is 0 Å². The maximum atomic E-state index is 13.3. The van der Waals surface area contributed by atoms with Crippen LogP contribution in [0.1, 0.15) is 23.2 Å². The standard InChI is InChI=1S/C26H23NO5/c28-18-5-1-14(2-6-18)22(29)13-32-19-7-3-17(4-8-19)27-25(30)23-20-9-10-21(24(23)26(27)31)16-11-15(20)12-16/h1-10,15-16,20-21,23-24,28H,11-13H2. The number of hydrogen-bond acceptors (Lipinski definition) is 5. The molecule has 9 rings (SSSR count). The SMILES string of the molecule is O=C(COc1ccc(N2C(=O)C3C4C=CC(C5CC4C5)C3C2=O)cc1)c1ccc(O)cc1. The molecule has 3 saturated carbocycles. The quantitative estimate of drug-likeness (QED) is 0.446. The first-order valence-corrected chi connectivity index (χ1v) is 11.1. The fraction of sp³-hybridized carbons (Fsp3) is 0.346. The molecule has 1 heterocycles. The largest absolute Gasteiger partial charge is 0.508 e. The molecule has 1 N–H and O–H groups in total. The van der Waals surface area contributed by atoms with Crippen LogP contribution in [-0.4, -0.2) is 29.3 Å². The van der Waals surface area contributed by atoms with Crippen molar-refractivity contribution in [2.75, 3.05) is 11.5 Å². The Morgan fingerprint density at radius 3 is 2.00 bits per heavy atom. The number of phenols is 1. The molecule has 4 bridgehead atoms. The predicted molar refractivity (Wildman–Crippen MR) is 116 cm³/mol. The molecule has 2 amide bonds. The van der Waals surface area contributed by atoms with E-state index in [2.05, 4.69) is 12.2 Å². The second kappa shape index (κ2) is 7.05. The summed E-state index contributed by atoms with van der Waals surface area (Å²) in [6.07, 6.45) is 6.68. The summed E-state index contributed by atoms with van der Waals surface area (Å²) in [6, 6.07) is 12.8. The van der Waals surface area contributed by atoms with Gasteiger partial charge in [0.15, 0.2) is 12.4 Å². The van der Waals surface area contributed by atoms with E-state index >= 15 is 0 Å². The van der Waals surface area contributed by atoms with E-state index in [1.54, 1.807) is 36.4 Å². The molecule has 7 aliphatic rings. The number of allylic oxidation sites excluding steroid dienone is 2. The minimum atomic E-state index is -0.228. The van der Waals surface area contributed by atoms with Crippen molar-refractivity contribution in [1.82, 2.24) is 0 Å². The van der Waals surface area contributed by atoms with Crippen molar-refractivity contribution in [2.45, 2.75) is 12.8 Å². The van der Waals surface area contributed by atoms with Crippen LogP contribution in [0, 0.1) is 35.5 Å². The Labute approximate surface area is 185 Å². The number of carbonyl (C=O) groups is 3. The molecule has 6 nitrogen and oxygen atoms in total. The van der Waals surface area contributed by atoms with E-state index in [4.69, 9.17) is 4.74 Å². The van der Waals surface area contributed by atoms with Crippen molar-refractivity contribution in [2.24, 2.45) is 35.5 Å². The number of benzene rings is 2. The molecule has 1 saturated heterocycles. The van der Waals surface area contributed by atoms with E-state index in [1.165, 1.54) is 17.0 Å². The molecule has 0 spiro atoms. The highest BCUT2D eigenvalue weighted by atomic mass is 16.5. The number of carbonyl (C=O) groups excluding carboxylic acids is 3. The number of hydrogen-bond donors (Lipinski definition) is 1. The molecule has 4 unspecified atom stereocenters. The van der Waals surface area contributed by atoms with Crippen molar-refractivity contribution in [3.05, 3.63) is 66.2 Å². The van der Waals surface area contributed by atoms with Crippen LogP contribution < -0.4 is 9.64 Å². The van der Waals surface area contributed by atoms with Gasteiger partial charge in [0, 0.05) is 5.56 Å². The Morgan fingerprint density at radius 1 is 0.875 bits per heavy atom. The number of phenolic OH excluding ortho intramolecular Hbond substituents is 1. The number of ether oxygens (including phenoxy) is 1. The topological polar surface area (TPSA) is 83.9 Å². The Hall–Kier alpha value is -3.41. The third-order valence-corrected chi connectivity index (χ3v) is 7.74. The third kappa shape index (κ3) is 2.82. The van der Waals surface area contributed by atoms with Gasteiger partial charge in [0.05, 0.1) is 17.5 Å². The van der Waals surface area contributed by atoms with E-state index in [1.807, 2.05) is 0 Å². The summed E-state index contributed by atoms with van der Waals surface area (Å²) in [4.78, 5) is 40.2. The van der Waals surface area contributed by atoms with Gasteiger partial charge in [-0.3, -0.25) is 19.3 Å². The van der Waals surface area contributed by atoms with Gasteiger partial charge in [0.2, 0.25) is 11.8 Å². The average molecular weight is 429 g/mol. The van der Waals surface area contributed by atoms with Gasteiger partial charge in [-0.1, -0.05) is 12.2 Å². The summed E-state index contributed by atoms with van der Waals surface area (Å²) in [5.41, 5.74) is 1.01. The molecule has 2 aromatic carbocycles. The van der Waals surface area contributed by atoms with E-state index in [-0.39, 0.29) is 53.6 Å². The van der Waals surface area contributed by atoms with Crippen LogP contribution >= 0.6 is 0 Å². The number of anilines is 1. The summed E-state index contributed by atoms with van der Waals surface area (Å²) in [5.74, 6) is 1.20. The maximum absolute atomic E-state index is 13.3. The Bertz CT molecular complexity index is 1090. The van der Waals surface area contributed by atoms with Crippen LogP contribution in [0.25, 0.3) is 0 Å². The normalized spacial score (nSPS) is 31.8. The third-order valence-electron chi connectivity index (χ3n) is 7.74. The van der Waals surface area contributed by atoms with Gasteiger partial charge in [-0.15, -0.1) is 0 Å². The summed E-state index contributed by atoms with van der Waals surface area (Å²) in [6.45, 7) is -0.145. The molecule has 162 valence electrons. The minimum Gasteiger partial charge on any atom is -0.508 e. The van der Waals surface area contributed by atoms with Crippen LogP contribution in [0.2, 0.25) is 0 Å². The molecular formula is C26H23NO5. The van der Waals surface area contributed by atoms with Crippen molar-refractivity contribution in [1.29, 1.82) is 0 Å². The van der Waals surface area contributed by atoms with Gasteiger partial charge in [-0.2, -0.15) is 0 Å². The van der Waals surface area contributed by atoms with Crippen molar-refractivity contribution >= 4 is 23.3 Å². The van der Waals surface area contributed by atoms with Gasteiger partial charge in [-0.25, -0.2) is 0 Å².